The lowest BCUT2D eigenvalue weighted by atomic mass is 10.0. The van der Waals surface area contributed by atoms with Crippen molar-refractivity contribution < 1.29 is 27.4 Å². The SMILES string of the molecule is COc1ccc(NC(=O)C2=C(C)c3cc(OC)c(OC)cc3N(Cc3ccccc3)S2(=O)=O)cc1. The Morgan fingerprint density at radius 2 is 1.51 bits per heavy atom. The van der Waals surface area contributed by atoms with Crippen LogP contribution in [-0.4, -0.2) is 35.7 Å². The van der Waals surface area contributed by atoms with Crippen LogP contribution in [0.15, 0.2) is 71.6 Å². The lowest BCUT2D eigenvalue weighted by Crippen LogP contribution is -2.39. The number of sulfonamides is 1. The molecule has 4 rings (SSSR count). The zero-order valence-electron chi connectivity index (χ0n) is 19.9. The van der Waals surface area contributed by atoms with Crippen molar-refractivity contribution in [3.63, 3.8) is 0 Å². The number of rotatable bonds is 7. The molecule has 3 aromatic carbocycles. The number of ether oxygens (including phenoxy) is 3. The lowest BCUT2D eigenvalue weighted by molar-refractivity contribution is -0.112. The largest absolute Gasteiger partial charge is 0.497 e. The van der Waals surface area contributed by atoms with E-state index < -0.39 is 15.9 Å². The number of benzene rings is 3. The van der Waals surface area contributed by atoms with Crippen LogP contribution < -0.4 is 23.8 Å². The Morgan fingerprint density at radius 3 is 2.11 bits per heavy atom. The first-order valence-electron chi connectivity index (χ1n) is 10.8. The van der Waals surface area contributed by atoms with Gasteiger partial charge in [0, 0.05) is 17.3 Å². The number of hydrogen-bond donors (Lipinski definition) is 1. The molecule has 35 heavy (non-hydrogen) atoms. The molecule has 0 atom stereocenters. The van der Waals surface area contributed by atoms with Crippen LogP contribution in [0, 0.1) is 0 Å². The van der Waals surface area contributed by atoms with Crippen molar-refractivity contribution in [2.45, 2.75) is 13.5 Å². The Hall–Kier alpha value is -3.98. The molecule has 0 spiro atoms. The van der Waals surface area contributed by atoms with E-state index in [1.807, 2.05) is 30.3 Å². The molecule has 0 saturated carbocycles. The number of nitrogens with one attached hydrogen (secondary N) is 1. The number of allylic oxidation sites excluding steroid dienone is 1. The van der Waals surface area contributed by atoms with E-state index in [1.165, 1.54) is 18.5 Å². The van der Waals surface area contributed by atoms with E-state index in [-0.39, 0.29) is 11.4 Å². The zero-order chi connectivity index (χ0) is 25.2. The Labute approximate surface area is 204 Å². The highest BCUT2D eigenvalue weighted by molar-refractivity contribution is 7.97. The van der Waals surface area contributed by atoms with E-state index in [0.29, 0.717) is 39.8 Å². The predicted octanol–water partition coefficient (Wildman–Crippen LogP) is 4.43. The molecule has 1 heterocycles. The van der Waals surface area contributed by atoms with Crippen molar-refractivity contribution in [2.75, 3.05) is 31.0 Å². The third-order valence-electron chi connectivity index (χ3n) is 5.79. The van der Waals surface area contributed by atoms with Crippen molar-refractivity contribution in [3.8, 4) is 17.2 Å². The molecule has 1 aliphatic heterocycles. The minimum atomic E-state index is -4.22. The summed E-state index contributed by atoms with van der Waals surface area (Å²) >= 11 is 0. The number of amides is 1. The van der Waals surface area contributed by atoms with Crippen LogP contribution in [0.5, 0.6) is 17.2 Å². The summed E-state index contributed by atoms with van der Waals surface area (Å²) in [5, 5.41) is 2.70. The summed E-state index contributed by atoms with van der Waals surface area (Å²) in [5.41, 5.74) is 2.50. The van der Waals surface area contributed by atoms with E-state index in [2.05, 4.69) is 5.32 Å². The van der Waals surface area contributed by atoms with Crippen molar-refractivity contribution in [2.24, 2.45) is 0 Å². The van der Waals surface area contributed by atoms with Crippen LogP contribution in [0.1, 0.15) is 18.1 Å². The molecule has 9 heteroatoms. The Kier molecular flexibility index (Phi) is 6.70. The fourth-order valence-electron chi connectivity index (χ4n) is 4.00. The van der Waals surface area contributed by atoms with Crippen molar-refractivity contribution in [3.05, 3.63) is 82.8 Å². The number of carbonyl (C=O) groups is 1. The molecule has 0 radical (unpaired) electrons. The number of fused-ring (bicyclic) bond motifs is 1. The Morgan fingerprint density at radius 1 is 0.886 bits per heavy atom. The maximum absolute atomic E-state index is 13.9. The minimum absolute atomic E-state index is 0.0399. The molecule has 0 fully saturated rings. The molecule has 1 amide bonds. The van der Waals surface area contributed by atoms with Gasteiger partial charge in [-0.1, -0.05) is 30.3 Å². The lowest BCUT2D eigenvalue weighted by Gasteiger charge is -2.33. The molecule has 1 N–H and O–H groups in total. The van der Waals surface area contributed by atoms with Gasteiger partial charge in [-0.15, -0.1) is 0 Å². The van der Waals surface area contributed by atoms with Gasteiger partial charge in [0.25, 0.3) is 15.9 Å². The summed E-state index contributed by atoms with van der Waals surface area (Å²) in [5.74, 6) is 0.705. The quantitative estimate of drug-likeness (QED) is 0.522. The van der Waals surface area contributed by atoms with E-state index in [9.17, 15) is 13.2 Å². The fraction of sp³-hybridized carbons (Fsp3) is 0.192. The molecule has 182 valence electrons. The first-order valence-corrected chi connectivity index (χ1v) is 12.2. The third-order valence-corrected chi connectivity index (χ3v) is 7.70. The highest BCUT2D eigenvalue weighted by Gasteiger charge is 2.40. The molecule has 3 aromatic rings. The van der Waals surface area contributed by atoms with Gasteiger partial charge < -0.3 is 19.5 Å². The maximum Gasteiger partial charge on any atom is 0.270 e. The number of anilines is 2. The van der Waals surface area contributed by atoms with Gasteiger partial charge in [0.15, 0.2) is 16.4 Å². The van der Waals surface area contributed by atoms with Crippen LogP contribution in [0.25, 0.3) is 5.57 Å². The summed E-state index contributed by atoms with van der Waals surface area (Å²) < 4.78 is 45.0. The van der Waals surface area contributed by atoms with Crippen LogP contribution in [-0.2, 0) is 21.4 Å². The number of nitrogens with zero attached hydrogens (tertiary/aromatic N) is 1. The van der Waals surface area contributed by atoms with Gasteiger partial charge in [0.05, 0.1) is 33.6 Å². The molecule has 1 aliphatic rings. The van der Waals surface area contributed by atoms with Gasteiger partial charge in [0.1, 0.15) is 5.75 Å². The molecule has 0 unspecified atom stereocenters. The smallest absolute Gasteiger partial charge is 0.270 e. The Balaban J connectivity index is 1.85. The molecule has 0 bridgehead atoms. The van der Waals surface area contributed by atoms with Gasteiger partial charge in [-0.3, -0.25) is 9.10 Å². The predicted molar refractivity (Wildman–Crippen MR) is 135 cm³/mol. The maximum atomic E-state index is 13.9. The standard InChI is InChI=1S/C26H26N2O6S/c1-17-21-14-23(33-3)24(34-4)15-22(21)28(16-18-8-6-5-7-9-18)35(30,31)25(17)26(29)27-19-10-12-20(32-2)13-11-19/h5-15H,16H2,1-4H3,(H,27,29). The number of carbonyl (C=O) groups excluding carboxylic acids is 1. The molecule has 0 aliphatic carbocycles. The first kappa shape index (κ1) is 24.2. The van der Waals surface area contributed by atoms with Crippen LogP contribution >= 0.6 is 0 Å². The van der Waals surface area contributed by atoms with Crippen LogP contribution in [0.4, 0.5) is 11.4 Å². The van der Waals surface area contributed by atoms with Gasteiger partial charge in [-0.25, -0.2) is 8.42 Å². The second-order valence-electron chi connectivity index (χ2n) is 7.86. The van der Waals surface area contributed by atoms with Gasteiger partial charge in [0.2, 0.25) is 0 Å². The van der Waals surface area contributed by atoms with E-state index in [4.69, 9.17) is 14.2 Å². The summed E-state index contributed by atoms with van der Waals surface area (Å²) in [6.45, 7) is 1.66. The molecule has 0 aromatic heterocycles. The molecule has 8 nitrogen and oxygen atoms in total. The van der Waals surface area contributed by atoms with Crippen molar-refractivity contribution >= 4 is 32.9 Å². The highest BCUT2D eigenvalue weighted by Crippen LogP contribution is 2.45. The average Bonchev–Trinajstić information content (AvgIpc) is 2.86. The topological polar surface area (TPSA) is 94.2 Å². The third kappa shape index (κ3) is 4.54. The molecular weight excluding hydrogens is 468 g/mol. The number of hydrogen-bond acceptors (Lipinski definition) is 6. The minimum Gasteiger partial charge on any atom is -0.497 e. The monoisotopic (exact) mass is 494 g/mol. The highest BCUT2D eigenvalue weighted by atomic mass is 32.2. The Bertz CT molecular complexity index is 1380. The first-order chi connectivity index (χ1) is 16.8. The van der Waals surface area contributed by atoms with E-state index in [1.54, 1.807) is 50.4 Å². The normalized spacial score (nSPS) is 14.2. The number of methoxy groups -OCH3 is 3. The molecular formula is C26H26N2O6S. The summed E-state index contributed by atoms with van der Waals surface area (Å²) in [6.07, 6.45) is 0. The average molecular weight is 495 g/mol. The van der Waals surface area contributed by atoms with Crippen LogP contribution in [0.2, 0.25) is 0 Å². The molecule has 0 saturated heterocycles. The van der Waals surface area contributed by atoms with E-state index >= 15 is 0 Å². The van der Waals surface area contributed by atoms with Gasteiger partial charge >= 0.3 is 0 Å². The van der Waals surface area contributed by atoms with Gasteiger partial charge in [-0.2, -0.15) is 0 Å². The van der Waals surface area contributed by atoms with Gasteiger partial charge in [-0.05, 0) is 48.4 Å². The van der Waals surface area contributed by atoms with E-state index in [0.717, 1.165) is 5.56 Å². The summed E-state index contributed by atoms with van der Waals surface area (Å²) in [6, 6.07) is 19.1. The van der Waals surface area contributed by atoms with Crippen molar-refractivity contribution in [1.82, 2.24) is 0 Å². The second-order valence-corrected chi connectivity index (χ2v) is 9.66. The summed E-state index contributed by atoms with van der Waals surface area (Å²) in [4.78, 5) is 13.0. The fourth-order valence-corrected chi connectivity index (χ4v) is 5.73. The second kappa shape index (κ2) is 9.71. The van der Waals surface area contributed by atoms with Crippen molar-refractivity contribution in [1.29, 1.82) is 0 Å². The summed E-state index contributed by atoms with van der Waals surface area (Å²) in [7, 11) is 0.306. The zero-order valence-corrected chi connectivity index (χ0v) is 20.7. The van der Waals surface area contributed by atoms with Crippen LogP contribution in [0.3, 0.4) is 0 Å².